The lowest BCUT2D eigenvalue weighted by Crippen LogP contribution is -2.49. The number of benzene rings is 1. The molecule has 6 nitrogen and oxygen atoms in total. The van der Waals surface area contributed by atoms with E-state index in [2.05, 4.69) is 5.32 Å². The van der Waals surface area contributed by atoms with Gasteiger partial charge in [0.1, 0.15) is 5.41 Å². The zero-order valence-electron chi connectivity index (χ0n) is 14.2. The number of anilines is 1. The molecule has 1 atom stereocenters. The smallest absolute Gasteiger partial charge is 0.239 e. The van der Waals surface area contributed by atoms with Crippen molar-refractivity contribution in [3.8, 4) is 0 Å². The first-order valence-corrected chi connectivity index (χ1v) is 9.50. The number of hydrogen-bond acceptors (Lipinski definition) is 4. The van der Waals surface area contributed by atoms with Crippen LogP contribution in [0.15, 0.2) is 18.2 Å². The Morgan fingerprint density at radius 2 is 1.88 bits per heavy atom. The van der Waals surface area contributed by atoms with E-state index in [1.165, 1.54) is 31.9 Å². The largest absolute Gasteiger partial charge is 0.341 e. The first-order valence-electron chi connectivity index (χ1n) is 7.68. The Kier molecular flexibility index (Phi) is 5.17. The Balaban J connectivity index is 2.11. The number of carbonyl (C=O) groups is 2. The SMILES string of the molecule is CN(C(=O)C(C)(C)C(=O)Nc1ccc(F)c(F)c1)C1CCS(=O)(=O)C1. The lowest BCUT2D eigenvalue weighted by Gasteiger charge is -2.31. The second-order valence-corrected chi connectivity index (χ2v) is 8.91. The summed E-state index contributed by atoms with van der Waals surface area (Å²) in [6.45, 7) is 2.79. The second kappa shape index (κ2) is 6.70. The summed E-state index contributed by atoms with van der Waals surface area (Å²) in [5.41, 5.74) is -1.48. The van der Waals surface area contributed by atoms with E-state index < -0.39 is 44.7 Å². The van der Waals surface area contributed by atoms with E-state index in [0.717, 1.165) is 12.1 Å². The molecule has 1 aliphatic heterocycles. The highest BCUT2D eigenvalue weighted by molar-refractivity contribution is 7.91. The van der Waals surface area contributed by atoms with Gasteiger partial charge in [-0.2, -0.15) is 0 Å². The summed E-state index contributed by atoms with van der Waals surface area (Å²) in [7, 11) is -1.71. The fraction of sp³-hybridized carbons (Fsp3) is 0.500. The Morgan fingerprint density at radius 1 is 1.24 bits per heavy atom. The fourth-order valence-electron chi connectivity index (χ4n) is 2.65. The van der Waals surface area contributed by atoms with Gasteiger partial charge in [-0.1, -0.05) is 0 Å². The number of rotatable bonds is 4. The summed E-state index contributed by atoms with van der Waals surface area (Å²) >= 11 is 0. The second-order valence-electron chi connectivity index (χ2n) is 6.68. The van der Waals surface area contributed by atoms with Crippen LogP contribution in [-0.4, -0.2) is 49.7 Å². The van der Waals surface area contributed by atoms with Crippen molar-refractivity contribution in [3.63, 3.8) is 0 Å². The van der Waals surface area contributed by atoms with Crippen molar-refractivity contribution < 1.29 is 26.8 Å². The molecule has 0 aromatic heterocycles. The molecule has 1 unspecified atom stereocenters. The molecule has 2 amide bonds. The van der Waals surface area contributed by atoms with Gasteiger partial charge < -0.3 is 10.2 Å². The van der Waals surface area contributed by atoms with Crippen molar-refractivity contribution in [3.05, 3.63) is 29.8 Å². The molecule has 1 aromatic rings. The molecule has 1 saturated heterocycles. The number of amides is 2. The van der Waals surface area contributed by atoms with Crippen LogP contribution >= 0.6 is 0 Å². The highest BCUT2D eigenvalue weighted by Gasteiger charge is 2.42. The van der Waals surface area contributed by atoms with E-state index in [1.54, 1.807) is 0 Å². The zero-order chi connectivity index (χ0) is 19.0. The fourth-order valence-corrected chi connectivity index (χ4v) is 4.42. The van der Waals surface area contributed by atoms with Gasteiger partial charge in [0.25, 0.3) is 0 Å². The molecule has 1 heterocycles. The van der Waals surface area contributed by atoms with Crippen molar-refractivity contribution in [1.29, 1.82) is 0 Å². The first kappa shape index (κ1) is 19.3. The molecule has 1 N–H and O–H groups in total. The van der Waals surface area contributed by atoms with Crippen molar-refractivity contribution >= 4 is 27.3 Å². The predicted octanol–water partition coefficient (Wildman–Crippen LogP) is 1.57. The summed E-state index contributed by atoms with van der Waals surface area (Å²) in [5, 5.41) is 2.38. The van der Waals surface area contributed by atoms with Crippen molar-refractivity contribution in [1.82, 2.24) is 4.90 Å². The summed E-state index contributed by atoms with van der Waals surface area (Å²) in [4.78, 5) is 26.4. The van der Waals surface area contributed by atoms with Crippen molar-refractivity contribution in [2.45, 2.75) is 26.3 Å². The Morgan fingerprint density at radius 3 is 2.40 bits per heavy atom. The summed E-state index contributed by atoms with van der Waals surface area (Å²) in [5.74, 6) is -3.52. The van der Waals surface area contributed by atoms with Crippen LogP contribution in [0.4, 0.5) is 14.5 Å². The van der Waals surface area contributed by atoms with Crippen LogP contribution in [0.2, 0.25) is 0 Å². The van der Waals surface area contributed by atoms with Gasteiger partial charge in [-0.3, -0.25) is 9.59 Å². The summed E-state index contributed by atoms with van der Waals surface area (Å²) in [6, 6.07) is 2.40. The maximum absolute atomic E-state index is 13.2. The van der Waals surface area contributed by atoms with E-state index in [1.807, 2.05) is 0 Å². The molecule has 0 bridgehead atoms. The van der Waals surface area contributed by atoms with Gasteiger partial charge in [0, 0.05) is 24.8 Å². The number of sulfone groups is 1. The molecule has 2 rings (SSSR count). The van der Waals surface area contributed by atoms with Crippen LogP contribution in [-0.2, 0) is 19.4 Å². The maximum atomic E-state index is 13.2. The number of nitrogens with zero attached hydrogens (tertiary/aromatic N) is 1. The molecule has 0 saturated carbocycles. The molecule has 0 radical (unpaired) electrons. The third-order valence-corrected chi connectivity index (χ3v) is 6.11. The molecule has 138 valence electrons. The van der Waals surface area contributed by atoms with Crippen molar-refractivity contribution in [2.24, 2.45) is 5.41 Å². The number of nitrogens with one attached hydrogen (secondary N) is 1. The first-order chi connectivity index (χ1) is 11.4. The van der Waals surface area contributed by atoms with E-state index in [4.69, 9.17) is 0 Å². The summed E-state index contributed by atoms with van der Waals surface area (Å²) < 4.78 is 49.3. The van der Waals surface area contributed by atoms with Crippen LogP contribution in [0.1, 0.15) is 20.3 Å². The molecule has 9 heteroatoms. The topological polar surface area (TPSA) is 83.6 Å². The molecule has 1 fully saturated rings. The van der Waals surface area contributed by atoms with Crippen LogP contribution in [0.25, 0.3) is 0 Å². The van der Waals surface area contributed by atoms with E-state index in [0.29, 0.717) is 6.42 Å². The van der Waals surface area contributed by atoms with Crippen LogP contribution in [0, 0.1) is 17.0 Å². The normalized spacial score (nSPS) is 19.5. The monoisotopic (exact) mass is 374 g/mol. The molecular formula is C16H20F2N2O4S. The standard InChI is InChI=1S/C16H20F2N2O4S/c1-16(2,14(21)19-10-4-5-12(17)13(18)8-10)15(22)20(3)11-6-7-25(23,24)9-11/h4-5,8,11H,6-7,9H2,1-3H3,(H,19,21). The summed E-state index contributed by atoms with van der Waals surface area (Å²) in [6.07, 6.45) is 0.325. The lowest BCUT2D eigenvalue weighted by molar-refractivity contribution is -0.146. The third-order valence-electron chi connectivity index (χ3n) is 4.36. The number of hydrogen-bond donors (Lipinski definition) is 1. The minimum atomic E-state index is -3.17. The highest BCUT2D eigenvalue weighted by Crippen LogP contribution is 2.26. The minimum Gasteiger partial charge on any atom is -0.341 e. The van der Waals surface area contributed by atoms with Crippen LogP contribution < -0.4 is 5.32 Å². The number of halogens is 2. The third kappa shape index (κ3) is 4.15. The number of carbonyl (C=O) groups excluding carboxylic acids is 2. The quantitative estimate of drug-likeness (QED) is 0.811. The Bertz CT molecular complexity index is 808. The van der Waals surface area contributed by atoms with E-state index >= 15 is 0 Å². The predicted molar refractivity (Wildman–Crippen MR) is 88.6 cm³/mol. The lowest BCUT2D eigenvalue weighted by atomic mass is 9.89. The molecule has 0 spiro atoms. The molecular weight excluding hydrogens is 354 g/mol. The maximum Gasteiger partial charge on any atom is 0.239 e. The molecule has 1 aliphatic rings. The van der Waals surface area contributed by atoms with Gasteiger partial charge in [0.05, 0.1) is 11.5 Å². The van der Waals surface area contributed by atoms with Crippen molar-refractivity contribution in [2.75, 3.05) is 23.9 Å². The molecule has 0 aliphatic carbocycles. The van der Waals surface area contributed by atoms with Crippen LogP contribution in [0.3, 0.4) is 0 Å². The Hall–Kier alpha value is -2.03. The minimum absolute atomic E-state index is 0.0107. The van der Waals surface area contributed by atoms with Crippen LogP contribution in [0.5, 0.6) is 0 Å². The van der Waals surface area contributed by atoms with E-state index in [9.17, 15) is 26.8 Å². The van der Waals surface area contributed by atoms with Gasteiger partial charge in [-0.25, -0.2) is 17.2 Å². The van der Waals surface area contributed by atoms with Gasteiger partial charge in [-0.15, -0.1) is 0 Å². The Labute approximate surface area is 145 Å². The molecule has 1 aromatic carbocycles. The van der Waals surface area contributed by atoms with Gasteiger partial charge in [-0.05, 0) is 32.4 Å². The average Bonchev–Trinajstić information content (AvgIpc) is 2.89. The van der Waals surface area contributed by atoms with Gasteiger partial charge in [0.15, 0.2) is 21.5 Å². The highest BCUT2D eigenvalue weighted by atomic mass is 32.2. The van der Waals surface area contributed by atoms with Gasteiger partial charge in [0.2, 0.25) is 11.8 Å². The molecule has 25 heavy (non-hydrogen) atoms. The van der Waals surface area contributed by atoms with Gasteiger partial charge >= 0.3 is 0 Å². The zero-order valence-corrected chi connectivity index (χ0v) is 15.0. The average molecular weight is 374 g/mol. The van der Waals surface area contributed by atoms with E-state index in [-0.39, 0.29) is 17.2 Å².